The van der Waals surface area contributed by atoms with Crippen LogP contribution in [0.1, 0.15) is 30.0 Å². The molecule has 0 spiro atoms. The van der Waals surface area contributed by atoms with Crippen molar-refractivity contribution >= 4 is 5.97 Å². The second-order valence-electron chi connectivity index (χ2n) is 4.40. The molecule has 16 heavy (non-hydrogen) atoms. The Hall–Kier alpha value is -1.35. The summed E-state index contributed by atoms with van der Waals surface area (Å²) in [5, 5.41) is 9.34. The lowest BCUT2D eigenvalue weighted by atomic mass is 10.0. The van der Waals surface area contributed by atoms with E-state index in [0.29, 0.717) is 0 Å². The predicted molar refractivity (Wildman–Crippen MR) is 62.4 cm³/mol. The Labute approximate surface area is 95.7 Å². The van der Waals surface area contributed by atoms with Crippen LogP contribution in [0.5, 0.6) is 0 Å². The lowest BCUT2D eigenvalue weighted by Gasteiger charge is -2.24. The quantitative estimate of drug-likeness (QED) is 0.847. The van der Waals surface area contributed by atoms with Gasteiger partial charge in [-0.1, -0.05) is 29.8 Å². The van der Waals surface area contributed by atoms with E-state index in [1.54, 1.807) is 0 Å². The summed E-state index contributed by atoms with van der Waals surface area (Å²) in [7, 11) is 0. The molecule has 1 N–H and O–H groups in total. The van der Waals surface area contributed by atoms with Crippen molar-refractivity contribution in [3.8, 4) is 0 Å². The largest absolute Gasteiger partial charge is 0.480 e. The van der Waals surface area contributed by atoms with Crippen LogP contribution in [0.4, 0.5) is 0 Å². The van der Waals surface area contributed by atoms with Gasteiger partial charge in [0.15, 0.2) is 0 Å². The van der Waals surface area contributed by atoms with Crippen LogP contribution < -0.4 is 0 Å². The number of aliphatic carboxylic acids is 1. The number of hydrogen-bond donors (Lipinski definition) is 1. The van der Waals surface area contributed by atoms with Gasteiger partial charge < -0.3 is 5.11 Å². The minimum Gasteiger partial charge on any atom is -0.480 e. The summed E-state index contributed by atoms with van der Waals surface area (Å²) in [5.41, 5.74) is 2.01. The van der Waals surface area contributed by atoms with Crippen molar-refractivity contribution in [3.63, 3.8) is 0 Å². The van der Waals surface area contributed by atoms with Gasteiger partial charge in [0, 0.05) is 0 Å². The van der Waals surface area contributed by atoms with E-state index in [2.05, 4.69) is 4.90 Å². The topological polar surface area (TPSA) is 40.5 Å². The number of hydrogen-bond acceptors (Lipinski definition) is 2. The number of aryl methyl sites for hydroxylation is 1. The van der Waals surface area contributed by atoms with Crippen LogP contribution in [0, 0.1) is 6.92 Å². The first-order chi connectivity index (χ1) is 7.68. The third kappa shape index (κ3) is 2.25. The van der Waals surface area contributed by atoms with Crippen molar-refractivity contribution in [2.24, 2.45) is 0 Å². The molecule has 1 aliphatic heterocycles. The van der Waals surface area contributed by atoms with Gasteiger partial charge in [0.1, 0.15) is 6.04 Å². The van der Waals surface area contributed by atoms with Crippen molar-refractivity contribution in [3.05, 3.63) is 35.4 Å². The Morgan fingerprint density at radius 2 is 2.06 bits per heavy atom. The zero-order chi connectivity index (χ0) is 11.5. The number of carboxylic acid groups (broad SMARTS) is 1. The monoisotopic (exact) mass is 219 g/mol. The maximum atomic E-state index is 11.4. The Morgan fingerprint density at radius 1 is 1.38 bits per heavy atom. The Kier molecular flexibility index (Phi) is 3.25. The van der Waals surface area contributed by atoms with Gasteiger partial charge in [0.2, 0.25) is 0 Å². The zero-order valence-electron chi connectivity index (χ0n) is 9.52. The number of benzene rings is 1. The third-order valence-corrected chi connectivity index (χ3v) is 3.10. The number of carboxylic acids is 1. The smallest absolute Gasteiger partial charge is 0.325 e. The van der Waals surface area contributed by atoms with Gasteiger partial charge in [-0.25, -0.2) is 0 Å². The molecule has 1 aromatic carbocycles. The fraction of sp³-hybridized carbons (Fsp3) is 0.462. The molecular formula is C13H17NO2. The highest BCUT2D eigenvalue weighted by atomic mass is 16.4. The fourth-order valence-corrected chi connectivity index (χ4v) is 2.35. The summed E-state index contributed by atoms with van der Waals surface area (Å²) in [5.74, 6) is -0.743. The number of rotatable bonds is 3. The van der Waals surface area contributed by atoms with Crippen molar-refractivity contribution in [1.82, 2.24) is 4.90 Å². The standard InChI is InChI=1S/C13H17NO2/c1-10-5-4-6-11(9-10)12(13(15)16)14-7-2-3-8-14/h4-6,9,12H,2-3,7-8H2,1H3,(H,15,16)/t12-/m1/s1. The highest BCUT2D eigenvalue weighted by Crippen LogP contribution is 2.25. The number of carbonyl (C=O) groups is 1. The lowest BCUT2D eigenvalue weighted by molar-refractivity contribution is -0.143. The maximum Gasteiger partial charge on any atom is 0.325 e. The normalized spacial score (nSPS) is 18.6. The number of nitrogens with zero attached hydrogens (tertiary/aromatic N) is 1. The Bertz CT molecular complexity index is 383. The van der Waals surface area contributed by atoms with E-state index in [1.807, 2.05) is 31.2 Å². The van der Waals surface area contributed by atoms with Gasteiger partial charge >= 0.3 is 5.97 Å². The molecule has 86 valence electrons. The van der Waals surface area contributed by atoms with E-state index in [9.17, 15) is 9.90 Å². The van der Waals surface area contributed by atoms with Crippen LogP contribution in [0.2, 0.25) is 0 Å². The fourth-order valence-electron chi connectivity index (χ4n) is 2.35. The average molecular weight is 219 g/mol. The van der Waals surface area contributed by atoms with E-state index in [-0.39, 0.29) is 0 Å². The van der Waals surface area contributed by atoms with Crippen molar-refractivity contribution in [2.75, 3.05) is 13.1 Å². The molecule has 3 nitrogen and oxygen atoms in total. The van der Waals surface area contributed by atoms with Crippen molar-refractivity contribution < 1.29 is 9.90 Å². The van der Waals surface area contributed by atoms with E-state index < -0.39 is 12.0 Å². The summed E-state index contributed by atoms with van der Waals surface area (Å²) in [6, 6.07) is 7.33. The first-order valence-electron chi connectivity index (χ1n) is 5.72. The lowest BCUT2D eigenvalue weighted by Crippen LogP contribution is -2.31. The van der Waals surface area contributed by atoms with Crippen LogP contribution in [-0.4, -0.2) is 29.1 Å². The van der Waals surface area contributed by atoms with E-state index >= 15 is 0 Å². The van der Waals surface area contributed by atoms with Gasteiger partial charge in [0.25, 0.3) is 0 Å². The maximum absolute atomic E-state index is 11.4. The summed E-state index contributed by atoms with van der Waals surface area (Å²) in [6.07, 6.45) is 2.21. The highest BCUT2D eigenvalue weighted by Gasteiger charge is 2.29. The molecule has 3 heteroatoms. The van der Waals surface area contributed by atoms with Gasteiger partial charge in [-0.2, -0.15) is 0 Å². The van der Waals surface area contributed by atoms with E-state index in [4.69, 9.17) is 0 Å². The van der Waals surface area contributed by atoms with E-state index in [0.717, 1.165) is 37.1 Å². The first-order valence-corrected chi connectivity index (χ1v) is 5.72. The SMILES string of the molecule is Cc1cccc([C@H](C(=O)O)N2CCCC2)c1. The molecule has 0 radical (unpaired) electrons. The molecular weight excluding hydrogens is 202 g/mol. The minimum absolute atomic E-state index is 0.470. The molecule has 0 amide bonds. The van der Waals surface area contributed by atoms with Crippen LogP contribution in [-0.2, 0) is 4.79 Å². The Morgan fingerprint density at radius 3 is 2.62 bits per heavy atom. The third-order valence-electron chi connectivity index (χ3n) is 3.10. The summed E-state index contributed by atoms with van der Waals surface area (Å²) in [4.78, 5) is 13.4. The summed E-state index contributed by atoms with van der Waals surface area (Å²) in [6.45, 7) is 3.78. The molecule has 1 aliphatic rings. The highest BCUT2D eigenvalue weighted by molar-refractivity contribution is 5.75. The van der Waals surface area contributed by atoms with Crippen molar-refractivity contribution in [1.29, 1.82) is 0 Å². The molecule has 1 aromatic rings. The predicted octanol–water partition coefficient (Wildman–Crippen LogP) is 2.22. The molecule has 0 unspecified atom stereocenters. The Balaban J connectivity index is 2.28. The second kappa shape index (κ2) is 4.66. The van der Waals surface area contributed by atoms with Gasteiger partial charge in [0.05, 0.1) is 0 Å². The second-order valence-corrected chi connectivity index (χ2v) is 4.40. The van der Waals surface area contributed by atoms with Crippen molar-refractivity contribution in [2.45, 2.75) is 25.8 Å². The molecule has 0 saturated carbocycles. The van der Waals surface area contributed by atoms with Crippen LogP contribution in [0.3, 0.4) is 0 Å². The molecule has 1 heterocycles. The van der Waals surface area contributed by atoms with Crippen LogP contribution >= 0.6 is 0 Å². The van der Waals surface area contributed by atoms with E-state index in [1.165, 1.54) is 0 Å². The summed E-state index contributed by atoms with van der Waals surface area (Å²) >= 11 is 0. The molecule has 0 aliphatic carbocycles. The average Bonchev–Trinajstić information content (AvgIpc) is 2.71. The zero-order valence-corrected chi connectivity index (χ0v) is 9.52. The van der Waals surface area contributed by atoms with Gasteiger partial charge in [-0.15, -0.1) is 0 Å². The molecule has 1 saturated heterocycles. The number of likely N-dealkylation sites (tertiary alicyclic amines) is 1. The minimum atomic E-state index is -0.743. The van der Waals surface area contributed by atoms with Crippen LogP contribution in [0.25, 0.3) is 0 Å². The first kappa shape index (κ1) is 11.1. The van der Waals surface area contributed by atoms with Crippen LogP contribution in [0.15, 0.2) is 24.3 Å². The molecule has 1 atom stereocenters. The molecule has 0 bridgehead atoms. The molecule has 0 aromatic heterocycles. The molecule has 1 fully saturated rings. The van der Waals surface area contributed by atoms with Gasteiger partial charge in [-0.05, 0) is 38.4 Å². The summed E-state index contributed by atoms with van der Waals surface area (Å²) < 4.78 is 0. The molecule has 2 rings (SSSR count). The van der Waals surface area contributed by atoms with Gasteiger partial charge in [-0.3, -0.25) is 9.69 Å².